The number of rotatable bonds is 5. The number of benzene rings is 1. The van der Waals surface area contributed by atoms with Gasteiger partial charge in [0.05, 0.1) is 6.20 Å². The molecule has 0 aliphatic carbocycles. The zero-order chi connectivity index (χ0) is 21.2. The number of aromatic nitrogens is 2. The minimum atomic E-state index is -4.80. The molecule has 0 spiro atoms. The third kappa shape index (κ3) is 4.48. The Morgan fingerprint density at radius 3 is 2.52 bits per heavy atom. The lowest BCUT2D eigenvalue weighted by Crippen LogP contribution is -2.37. The van der Waals surface area contributed by atoms with E-state index in [0.717, 1.165) is 12.1 Å². The molecular weight excluding hydrogens is 387 g/mol. The molecule has 0 saturated carbocycles. The number of halogens is 3. The maximum absolute atomic E-state index is 12.8. The van der Waals surface area contributed by atoms with Crippen LogP contribution in [0.3, 0.4) is 0 Å². The zero-order valence-corrected chi connectivity index (χ0v) is 15.6. The first-order valence-electron chi connectivity index (χ1n) is 8.62. The van der Waals surface area contributed by atoms with E-state index in [1.807, 2.05) is 6.92 Å². The molecule has 2 N–H and O–H groups in total. The molecule has 2 aromatic rings. The fourth-order valence-electron chi connectivity index (χ4n) is 2.77. The molecule has 0 fully saturated rings. The SMILES string of the molecule is CCN/C=C1\C(=N)C(=O)N(c2ccc(OC(F)(F)F)cc2)C=C1c1cnn(C)c1. The Hall–Kier alpha value is -3.56. The maximum atomic E-state index is 12.8. The normalized spacial score (nSPS) is 16.2. The van der Waals surface area contributed by atoms with Crippen molar-refractivity contribution in [2.75, 3.05) is 11.4 Å². The number of ether oxygens (including phenoxy) is 1. The van der Waals surface area contributed by atoms with E-state index in [4.69, 9.17) is 5.41 Å². The van der Waals surface area contributed by atoms with Gasteiger partial charge in [-0.05, 0) is 31.2 Å². The number of nitrogens with zero attached hydrogens (tertiary/aromatic N) is 3. The summed E-state index contributed by atoms with van der Waals surface area (Å²) >= 11 is 0. The molecule has 0 atom stereocenters. The van der Waals surface area contributed by atoms with Crippen LogP contribution in [0.2, 0.25) is 0 Å². The van der Waals surface area contributed by atoms with Gasteiger partial charge in [-0.3, -0.25) is 19.8 Å². The van der Waals surface area contributed by atoms with Gasteiger partial charge in [-0.25, -0.2) is 0 Å². The number of carbonyl (C=O) groups is 1. The zero-order valence-electron chi connectivity index (χ0n) is 15.6. The van der Waals surface area contributed by atoms with Gasteiger partial charge in [0.1, 0.15) is 11.5 Å². The largest absolute Gasteiger partial charge is 0.573 e. The van der Waals surface area contributed by atoms with Crippen molar-refractivity contribution in [2.24, 2.45) is 7.05 Å². The number of nitrogens with one attached hydrogen (secondary N) is 2. The molecule has 1 aromatic carbocycles. The lowest BCUT2D eigenvalue weighted by molar-refractivity contribution is -0.274. The number of carbonyl (C=O) groups excluding carboxylic acids is 1. The van der Waals surface area contributed by atoms with Gasteiger partial charge >= 0.3 is 6.36 Å². The maximum Gasteiger partial charge on any atom is 0.573 e. The predicted octanol–water partition coefficient (Wildman–Crippen LogP) is 3.22. The molecule has 1 aliphatic heterocycles. The molecule has 2 heterocycles. The minimum Gasteiger partial charge on any atom is -0.406 e. The number of amides is 1. The van der Waals surface area contributed by atoms with Crippen LogP contribution in [0.15, 0.2) is 54.6 Å². The Morgan fingerprint density at radius 2 is 1.97 bits per heavy atom. The number of allylic oxidation sites excluding steroid dienone is 1. The Kier molecular flexibility index (Phi) is 5.44. The first kappa shape index (κ1) is 20.2. The number of hydrogen-bond acceptors (Lipinski definition) is 5. The van der Waals surface area contributed by atoms with Gasteiger partial charge in [-0.15, -0.1) is 13.2 Å². The Bertz CT molecular complexity index is 990. The van der Waals surface area contributed by atoms with Crippen LogP contribution >= 0.6 is 0 Å². The average Bonchev–Trinajstić information content (AvgIpc) is 3.08. The second-order valence-electron chi connectivity index (χ2n) is 6.15. The standard InChI is InChI=1S/C19H18F3N5O2/c1-3-24-9-15-16(12-8-25-26(2)10-12)11-27(18(28)17(15)23)13-4-6-14(7-5-13)29-19(20,21)22/h4-11,23-24H,3H2,1-2H3/b15-9-,23-17?. The predicted molar refractivity (Wildman–Crippen MR) is 101 cm³/mol. The second kappa shape index (κ2) is 7.82. The number of alkyl halides is 3. The lowest BCUT2D eigenvalue weighted by Gasteiger charge is -2.27. The molecule has 3 rings (SSSR count). The molecule has 1 aliphatic rings. The highest BCUT2D eigenvalue weighted by Gasteiger charge is 2.32. The van der Waals surface area contributed by atoms with Gasteiger partial charge in [-0.2, -0.15) is 5.10 Å². The van der Waals surface area contributed by atoms with Gasteiger partial charge in [0.2, 0.25) is 0 Å². The summed E-state index contributed by atoms with van der Waals surface area (Å²) in [6.07, 6.45) is 1.68. The van der Waals surface area contributed by atoms with Crippen molar-refractivity contribution in [3.63, 3.8) is 0 Å². The fraction of sp³-hybridized carbons (Fsp3) is 0.211. The average molecular weight is 405 g/mol. The van der Waals surface area contributed by atoms with Crippen LogP contribution in [-0.2, 0) is 11.8 Å². The number of anilines is 1. The van der Waals surface area contributed by atoms with E-state index in [0.29, 0.717) is 28.9 Å². The van der Waals surface area contributed by atoms with E-state index in [-0.39, 0.29) is 5.71 Å². The summed E-state index contributed by atoms with van der Waals surface area (Å²) in [6, 6.07) is 4.87. The highest BCUT2D eigenvalue weighted by atomic mass is 19.4. The van der Waals surface area contributed by atoms with Crippen LogP contribution < -0.4 is 15.0 Å². The van der Waals surface area contributed by atoms with Gasteiger partial charge in [-0.1, -0.05) is 0 Å². The van der Waals surface area contributed by atoms with E-state index in [9.17, 15) is 18.0 Å². The van der Waals surface area contributed by atoms with Crippen LogP contribution in [0.1, 0.15) is 12.5 Å². The highest BCUT2D eigenvalue weighted by molar-refractivity contribution is 6.53. The van der Waals surface area contributed by atoms with Crippen LogP contribution in [0.25, 0.3) is 5.57 Å². The van der Waals surface area contributed by atoms with Gasteiger partial charge in [0, 0.05) is 54.6 Å². The summed E-state index contributed by atoms with van der Waals surface area (Å²) in [6.45, 7) is 2.49. The van der Waals surface area contributed by atoms with Crippen molar-refractivity contribution >= 4 is 22.9 Å². The third-order valence-electron chi connectivity index (χ3n) is 4.07. The number of aryl methyl sites for hydroxylation is 1. The fourth-order valence-corrected chi connectivity index (χ4v) is 2.77. The monoisotopic (exact) mass is 405 g/mol. The summed E-state index contributed by atoms with van der Waals surface area (Å²) in [7, 11) is 1.74. The van der Waals surface area contributed by atoms with E-state index >= 15 is 0 Å². The minimum absolute atomic E-state index is 0.247. The van der Waals surface area contributed by atoms with Crippen molar-refractivity contribution in [3.05, 3.63) is 60.2 Å². The van der Waals surface area contributed by atoms with E-state index in [1.54, 1.807) is 36.5 Å². The quantitative estimate of drug-likeness (QED) is 0.800. The Labute approximate surface area is 164 Å². The molecule has 1 aromatic heterocycles. The van der Waals surface area contributed by atoms with E-state index in [1.165, 1.54) is 17.0 Å². The molecule has 0 unspecified atom stereocenters. The summed E-state index contributed by atoms with van der Waals surface area (Å²) in [5, 5.41) is 15.4. The summed E-state index contributed by atoms with van der Waals surface area (Å²) in [4.78, 5) is 14.0. The molecule has 0 radical (unpaired) electrons. The molecule has 10 heteroatoms. The van der Waals surface area contributed by atoms with Crippen molar-refractivity contribution in [3.8, 4) is 5.75 Å². The van der Waals surface area contributed by atoms with Gasteiger partial charge in [0.15, 0.2) is 0 Å². The topological polar surface area (TPSA) is 83.2 Å². The first-order valence-corrected chi connectivity index (χ1v) is 8.62. The Balaban J connectivity index is 2.02. The molecule has 7 nitrogen and oxygen atoms in total. The number of hydrogen-bond donors (Lipinski definition) is 2. The molecule has 0 bridgehead atoms. The van der Waals surface area contributed by atoms with Crippen molar-refractivity contribution in [2.45, 2.75) is 13.3 Å². The highest BCUT2D eigenvalue weighted by Crippen LogP contribution is 2.32. The van der Waals surface area contributed by atoms with Crippen LogP contribution in [0.5, 0.6) is 5.75 Å². The smallest absolute Gasteiger partial charge is 0.406 e. The van der Waals surface area contributed by atoms with Crippen molar-refractivity contribution < 1.29 is 22.7 Å². The van der Waals surface area contributed by atoms with Gasteiger partial charge in [0.25, 0.3) is 5.91 Å². The molecule has 0 saturated heterocycles. The van der Waals surface area contributed by atoms with Crippen molar-refractivity contribution in [1.82, 2.24) is 15.1 Å². The molecule has 29 heavy (non-hydrogen) atoms. The van der Waals surface area contributed by atoms with E-state index in [2.05, 4.69) is 15.2 Å². The summed E-state index contributed by atoms with van der Waals surface area (Å²) < 4.78 is 42.5. The van der Waals surface area contributed by atoms with Gasteiger partial charge < -0.3 is 10.1 Å². The van der Waals surface area contributed by atoms with Crippen LogP contribution in [0.4, 0.5) is 18.9 Å². The Morgan fingerprint density at radius 1 is 1.28 bits per heavy atom. The second-order valence-corrected chi connectivity index (χ2v) is 6.15. The third-order valence-corrected chi connectivity index (χ3v) is 4.07. The molecular formula is C19H18F3N5O2. The van der Waals surface area contributed by atoms with Crippen LogP contribution in [0, 0.1) is 5.41 Å². The van der Waals surface area contributed by atoms with Crippen molar-refractivity contribution in [1.29, 1.82) is 5.41 Å². The lowest BCUT2D eigenvalue weighted by atomic mass is 9.94. The van der Waals surface area contributed by atoms with E-state index < -0.39 is 18.0 Å². The molecule has 152 valence electrons. The first-order chi connectivity index (χ1) is 13.7. The van der Waals surface area contributed by atoms with Crippen LogP contribution in [-0.4, -0.2) is 34.3 Å². The summed E-state index contributed by atoms with van der Waals surface area (Å²) in [5.74, 6) is -1.00. The summed E-state index contributed by atoms with van der Waals surface area (Å²) in [5.41, 5.74) is 1.73. The molecule has 1 amide bonds.